The third-order valence-corrected chi connectivity index (χ3v) is 5.31. The second kappa shape index (κ2) is 7.67. The number of aromatic nitrogens is 2. The Morgan fingerprint density at radius 2 is 1.93 bits per heavy atom. The van der Waals surface area contributed by atoms with Gasteiger partial charge < -0.3 is 10.2 Å². The fraction of sp³-hybridized carbons (Fsp3) is 0.200. The van der Waals surface area contributed by atoms with E-state index >= 15 is 0 Å². The Morgan fingerprint density at radius 1 is 1.15 bits per heavy atom. The van der Waals surface area contributed by atoms with Crippen molar-refractivity contribution >= 4 is 29.0 Å². The predicted octanol–water partition coefficient (Wildman–Crippen LogP) is 3.19. The number of nitrogens with one attached hydrogen (secondary N) is 1. The van der Waals surface area contributed by atoms with Crippen LogP contribution in [0.2, 0.25) is 0 Å². The van der Waals surface area contributed by atoms with E-state index in [1.54, 1.807) is 11.1 Å². The maximum atomic E-state index is 12.6. The minimum atomic E-state index is -0.327. The molecule has 2 amide bonds. The number of carbonyl (C=O) groups is 2. The Morgan fingerprint density at radius 3 is 2.63 bits per heavy atom. The van der Waals surface area contributed by atoms with Gasteiger partial charge in [-0.1, -0.05) is 47.0 Å². The maximum Gasteiger partial charge on any atom is 0.229 e. The Hall–Kier alpha value is -3.06. The first kappa shape index (κ1) is 17.4. The molecule has 1 fully saturated rings. The predicted molar refractivity (Wildman–Crippen MR) is 104 cm³/mol. The fourth-order valence-electron chi connectivity index (χ4n) is 3.16. The van der Waals surface area contributed by atoms with Gasteiger partial charge in [0.1, 0.15) is 0 Å². The van der Waals surface area contributed by atoms with Gasteiger partial charge in [-0.25, -0.2) is 0 Å². The van der Waals surface area contributed by atoms with Crippen molar-refractivity contribution in [1.82, 2.24) is 14.5 Å². The summed E-state index contributed by atoms with van der Waals surface area (Å²) in [5, 5.41) is 6.74. The van der Waals surface area contributed by atoms with Gasteiger partial charge in [0, 0.05) is 25.2 Å². The molecule has 2 aromatic carbocycles. The summed E-state index contributed by atoms with van der Waals surface area (Å²) in [6, 6.07) is 17.4. The van der Waals surface area contributed by atoms with Crippen molar-refractivity contribution in [3.8, 4) is 10.4 Å². The molecule has 1 atom stereocenters. The molecule has 0 radical (unpaired) electrons. The first-order chi connectivity index (χ1) is 13.2. The highest BCUT2D eigenvalue weighted by Gasteiger charge is 2.34. The molecular weight excluding hydrogens is 360 g/mol. The zero-order valence-corrected chi connectivity index (χ0v) is 15.4. The molecule has 1 aliphatic rings. The number of hydrogen-bond acceptors (Lipinski definition) is 5. The fourth-order valence-corrected chi connectivity index (χ4v) is 3.68. The van der Waals surface area contributed by atoms with Crippen molar-refractivity contribution in [1.29, 1.82) is 0 Å². The van der Waals surface area contributed by atoms with Crippen LogP contribution in [0.25, 0.3) is 10.4 Å². The zero-order chi connectivity index (χ0) is 18.6. The summed E-state index contributed by atoms with van der Waals surface area (Å²) < 4.78 is 3.85. The van der Waals surface area contributed by atoms with E-state index in [1.807, 2.05) is 54.6 Å². The lowest BCUT2D eigenvalue weighted by molar-refractivity contribution is -0.128. The number of amides is 2. The SMILES string of the molecule is O=C(Nc1ccc(-c2cnns2)cc1)C1CC(=O)N(Cc2ccccc2)C1. The molecule has 1 aliphatic heterocycles. The second-order valence-corrected chi connectivity index (χ2v) is 7.29. The highest BCUT2D eigenvalue weighted by molar-refractivity contribution is 7.09. The topological polar surface area (TPSA) is 75.2 Å². The smallest absolute Gasteiger partial charge is 0.229 e. The third-order valence-electron chi connectivity index (χ3n) is 4.60. The number of carbonyl (C=O) groups excluding carboxylic acids is 2. The van der Waals surface area contributed by atoms with Crippen LogP contribution in [0.5, 0.6) is 0 Å². The summed E-state index contributed by atoms with van der Waals surface area (Å²) >= 11 is 1.33. The van der Waals surface area contributed by atoms with Gasteiger partial charge in [0.05, 0.1) is 17.0 Å². The summed E-state index contributed by atoms with van der Waals surface area (Å²) in [5.74, 6) is -0.426. The first-order valence-electron chi connectivity index (χ1n) is 8.69. The number of nitrogens with zero attached hydrogens (tertiary/aromatic N) is 3. The highest BCUT2D eigenvalue weighted by Crippen LogP contribution is 2.25. The molecule has 3 aromatic rings. The van der Waals surface area contributed by atoms with Gasteiger partial charge in [-0.2, -0.15) is 0 Å². The third kappa shape index (κ3) is 4.03. The number of anilines is 1. The maximum absolute atomic E-state index is 12.6. The van der Waals surface area contributed by atoms with Crippen molar-refractivity contribution < 1.29 is 9.59 Å². The molecule has 1 unspecified atom stereocenters. The van der Waals surface area contributed by atoms with E-state index in [1.165, 1.54) is 11.5 Å². The average Bonchev–Trinajstić information content (AvgIpc) is 3.34. The van der Waals surface area contributed by atoms with Gasteiger partial charge >= 0.3 is 0 Å². The lowest BCUT2D eigenvalue weighted by Gasteiger charge is -2.16. The van der Waals surface area contributed by atoms with Gasteiger partial charge in [-0.05, 0) is 34.8 Å². The van der Waals surface area contributed by atoms with E-state index in [0.29, 0.717) is 13.1 Å². The molecule has 6 nitrogen and oxygen atoms in total. The van der Waals surface area contributed by atoms with Crippen molar-refractivity contribution in [3.05, 3.63) is 66.4 Å². The summed E-state index contributed by atoms with van der Waals surface area (Å²) in [7, 11) is 0. The summed E-state index contributed by atoms with van der Waals surface area (Å²) in [6.45, 7) is 0.991. The standard InChI is InChI=1S/C20H18N4O2S/c25-19-10-16(13-24(19)12-14-4-2-1-3-5-14)20(26)22-17-8-6-15(7-9-17)18-11-21-23-27-18/h1-9,11,16H,10,12-13H2,(H,22,26). The molecule has 1 aromatic heterocycles. The van der Waals surface area contributed by atoms with Gasteiger partial charge in [-0.3, -0.25) is 9.59 Å². The van der Waals surface area contributed by atoms with Crippen LogP contribution in [0, 0.1) is 5.92 Å². The number of benzene rings is 2. The van der Waals surface area contributed by atoms with Crippen LogP contribution < -0.4 is 5.32 Å². The van der Waals surface area contributed by atoms with Crippen LogP contribution in [-0.4, -0.2) is 32.8 Å². The molecule has 0 saturated carbocycles. The second-order valence-electron chi connectivity index (χ2n) is 6.51. The van der Waals surface area contributed by atoms with E-state index in [4.69, 9.17) is 0 Å². The van der Waals surface area contributed by atoms with Crippen LogP contribution in [0.4, 0.5) is 5.69 Å². The first-order valence-corrected chi connectivity index (χ1v) is 9.47. The van der Waals surface area contributed by atoms with Crippen LogP contribution >= 0.6 is 11.5 Å². The Balaban J connectivity index is 1.36. The zero-order valence-electron chi connectivity index (χ0n) is 14.5. The van der Waals surface area contributed by atoms with Gasteiger partial charge in [-0.15, -0.1) is 5.10 Å². The molecule has 7 heteroatoms. The van der Waals surface area contributed by atoms with Gasteiger partial charge in [0.15, 0.2) is 0 Å². The molecule has 27 heavy (non-hydrogen) atoms. The molecular formula is C20H18N4O2S. The Labute approximate surface area is 161 Å². The monoisotopic (exact) mass is 378 g/mol. The van der Waals surface area contributed by atoms with Crippen LogP contribution in [0.15, 0.2) is 60.8 Å². The molecule has 1 saturated heterocycles. The summed E-state index contributed by atoms with van der Waals surface area (Å²) in [4.78, 5) is 27.5. The molecule has 0 aliphatic carbocycles. The average molecular weight is 378 g/mol. The van der Waals surface area contributed by atoms with Crippen LogP contribution in [-0.2, 0) is 16.1 Å². The van der Waals surface area contributed by atoms with Crippen molar-refractivity contribution in [2.75, 3.05) is 11.9 Å². The molecule has 1 N–H and O–H groups in total. The summed E-state index contributed by atoms with van der Waals surface area (Å²) in [6.07, 6.45) is 1.97. The molecule has 0 bridgehead atoms. The van der Waals surface area contributed by atoms with Crippen molar-refractivity contribution in [2.24, 2.45) is 5.92 Å². The lowest BCUT2D eigenvalue weighted by atomic mass is 10.1. The molecule has 4 rings (SSSR count). The van der Waals surface area contributed by atoms with E-state index in [0.717, 1.165) is 21.7 Å². The van der Waals surface area contributed by atoms with Crippen molar-refractivity contribution in [3.63, 3.8) is 0 Å². The molecule has 136 valence electrons. The lowest BCUT2D eigenvalue weighted by Crippen LogP contribution is -2.28. The van der Waals surface area contributed by atoms with E-state index in [9.17, 15) is 9.59 Å². The number of likely N-dealkylation sites (tertiary alicyclic amines) is 1. The minimum absolute atomic E-state index is 0.0204. The van der Waals surface area contributed by atoms with Gasteiger partial charge in [0.2, 0.25) is 11.8 Å². The van der Waals surface area contributed by atoms with Crippen LogP contribution in [0.3, 0.4) is 0 Å². The normalized spacial score (nSPS) is 16.5. The molecule has 0 spiro atoms. The molecule has 2 heterocycles. The quantitative estimate of drug-likeness (QED) is 0.740. The Kier molecular flexibility index (Phi) is 4.93. The Bertz CT molecular complexity index is 926. The number of rotatable bonds is 5. The van der Waals surface area contributed by atoms with E-state index in [-0.39, 0.29) is 24.2 Å². The number of hydrogen-bond donors (Lipinski definition) is 1. The highest BCUT2D eigenvalue weighted by atomic mass is 32.1. The van der Waals surface area contributed by atoms with E-state index < -0.39 is 0 Å². The van der Waals surface area contributed by atoms with E-state index in [2.05, 4.69) is 14.9 Å². The van der Waals surface area contributed by atoms with Crippen LogP contribution in [0.1, 0.15) is 12.0 Å². The van der Waals surface area contributed by atoms with Crippen molar-refractivity contribution in [2.45, 2.75) is 13.0 Å². The minimum Gasteiger partial charge on any atom is -0.338 e. The van der Waals surface area contributed by atoms with Gasteiger partial charge in [0.25, 0.3) is 0 Å². The largest absolute Gasteiger partial charge is 0.338 e. The summed E-state index contributed by atoms with van der Waals surface area (Å²) in [5.41, 5.74) is 2.79.